The summed E-state index contributed by atoms with van der Waals surface area (Å²) in [6.07, 6.45) is 8.72. The molecule has 0 saturated carbocycles. The first-order valence-electron chi connectivity index (χ1n) is 14.2. The second-order valence-electron chi connectivity index (χ2n) is 11.2. The zero-order valence-corrected chi connectivity index (χ0v) is 25.8. The second-order valence-corrected chi connectivity index (χ2v) is 13.2. The highest BCUT2D eigenvalue weighted by atomic mass is 32.2. The Labute approximate surface area is 250 Å². The van der Waals surface area contributed by atoms with E-state index in [2.05, 4.69) is 54.5 Å². The number of aromatic amines is 1. The summed E-state index contributed by atoms with van der Waals surface area (Å²) < 4.78 is 38.9. The van der Waals surface area contributed by atoms with Crippen molar-refractivity contribution in [3.05, 3.63) is 54.2 Å². The molecule has 3 N–H and O–H groups in total. The van der Waals surface area contributed by atoms with Gasteiger partial charge in [0, 0.05) is 54.9 Å². The van der Waals surface area contributed by atoms with E-state index in [4.69, 9.17) is 0 Å². The number of pyridine rings is 1. The first kappa shape index (κ1) is 30.5. The van der Waals surface area contributed by atoms with Crippen molar-refractivity contribution in [3.63, 3.8) is 0 Å². The number of hydrogen-bond donors (Lipinski definition) is 3. The van der Waals surface area contributed by atoms with Gasteiger partial charge in [0.15, 0.2) is 21.5 Å². The number of fused-ring (bicyclic) bond motifs is 1. The highest BCUT2D eigenvalue weighted by molar-refractivity contribution is 7.90. The number of H-pyrrole nitrogens is 1. The molecule has 1 aliphatic rings. The molecule has 0 aliphatic carbocycles. The van der Waals surface area contributed by atoms with Crippen LogP contribution in [0.2, 0.25) is 0 Å². The van der Waals surface area contributed by atoms with E-state index in [9.17, 15) is 17.6 Å². The Hall–Kier alpha value is -3.94. The summed E-state index contributed by atoms with van der Waals surface area (Å²) >= 11 is 0. The molecular weight excluding hydrogens is 571 g/mol. The quantitative estimate of drug-likeness (QED) is 0.253. The summed E-state index contributed by atoms with van der Waals surface area (Å²) in [6.45, 7) is 5.61. The predicted octanol–water partition coefficient (Wildman–Crippen LogP) is 4.36. The molecule has 13 heteroatoms. The molecule has 1 aromatic carbocycles. The molecule has 0 spiro atoms. The van der Waals surface area contributed by atoms with Crippen molar-refractivity contribution < 1.29 is 17.6 Å². The second kappa shape index (κ2) is 12.3. The zero-order valence-electron chi connectivity index (χ0n) is 25.0. The molecule has 1 saturated heterocycles. The molecule has 0 radical (unpaired) electrons. The Balaban J connectivity index is 1.40. The topological polar surface area (TPSA) is 136 Å². The smallest absolute Gasteiger partial charge is 0.242 e. The summed E-state index contributed by atoms with van der Waals surface area (Å²) in [5, 5.41) is 6.65. The van der Waals surface area contributed by atoms with E-state index in [1.165, 1.54) is 18.2 Å². The van der Waals surface area contributed by atoms with Gasteiger partial charge in [-0.3, -0.25) is 9.69 Å². The third-order valence-electron chi connectivity index (χ3n) is 8.04. The van der Waals surface area contributed by atoms with E-state index in [0.717, 1.165) is 48.7 Å². The lowest BCUT2D eigenvalue weighted by atomic mass is 10.0. The standard InChI is InChI=1S/C30H37FN8O3S/c1-6-23(39-14-11-19(12-15-39)38(3)4)29(40)37-28-27-20(10-13-32-28)21(17-33-27)26-18(2)16-34-30(36-26)35-22-8-7-9-24(25(22)31)43(5,41)42/h7-10,13,16-17,19,23,33H,6,11-12,14-15H2,1-5H3,(H,32,37,40)(H,34,35,36). The van der Waals surface area contributed by atoms with Crippen LogP contribution in [0.15, 0.2) is 47.8 Å². The van der Waals surface area contributed by atoms with Crippen LogP contribution in [0, 0.1) is 12.7 Å². The molecule has 1 aliphatic heterocycles. The van der Waals surface area contributed by atoms with Crippen LogP contribution in [0.3, 0.4) is 0 Å². The third-order valence-corrected chi connectivity index (χ3v) is 9.15. The van der Waals surface area contributed by atoms with Gasteiger partial charge >= 0.3 is 0 Å². The largest absolute Gasteiger partial charge is 0.357 e. The highest BCUT2D eigenvalue weighted by Gasteiger charge is 2.30. The number of sulfone groups is 1. The van der Waals surface area contributed by atoms with E-state index in [1.807, 2.05) is 19.9 Å². The number of piperidine rings is 1. The summed E-state index contributed by atoms with van der Waals surface area (Å²) in [5.41, 5.74) is 2.71. The van der Waals surface area contributed by atoms with Crippen LogP contribution >= 0.6 is 0 Å². The van der Waals surface area contributed by atoms with Crippen molar-refractivity contribution in [3.8, 4) is 11.3 Å². The third kappa shape index (κ3) is 6.38. The highest BCUT2D eigenvalue weighted by Crippen LogP contribution is 2.33. The van der Waals surface area contributed by atoms with Crippen molar-refractivity contribution in [2.45, 2.75) is 50.1 Å². The molecule has 5 rings (SSSR count). The normalized spacial score (nSPS) is 15.6. The molecule has 11 nitrogen and oxygen atoms in total. The van der Waals surface area contributed by atoms with Crippen LogP contribution in [-0.2, 0) is 14.6 Å². The molecule has 43 heavy (non-hydrogen) atoms. The summed E-state index contributed by atoms with van der Waals surface area (Å²) in [4.78, 5) is 34.1. The summed E-state index contributed by atoms with van der Waals surface area (Å²) in [5.74, 6) is -0.460. The summed E-state index contributed by atoms with van der Waals surface area (Å²) in [6, 6.07) is 6.20. The molecule has 1 amide bonds. The number of hydrogen-bond acceptors (Lipinski definition) is 9. The van der Waals surface area contributed by atoms with Crippen molar-refractivity contribution in [1.82, 2.24) is 29.7 Å². The van der Waals surface area contributed by atoms with Crippen LogP contribution in [0.1, 0.15) is 31.7 Å². The van der Waals surface area contributed by atoms with E-state index >= 15 is 0 Å². The fourth-order valence-electron chi connectivity index (χ4n) is 5.66. The molecule has 228 valence electrons. The minimum Gasteiger partial charge on any atom is -0.357 e. The molecule has 3 aromatic heterocycles. The van der Waals surface area contributed by atoms with Gasteiger partial charge in [-0.15, -0.1) is 0 Å². The number of carbonyl (C=O) groups is 1. The number of rotatable bonds is 9. The number of nitrogens with one attached hydrogen (secondary N) is 3. The van der Waals surface area contributed by atoms with Crippen LogP contribution in [0.5, 0.6) is 0 Å². The first-order chi connectivity index (χ1) is 20.5. The van der Waals surface area contributed by atoms with Crippen LogP contribution in [-0.4, -0.2) is 89.6 Å². The van der Waals surface area contributed by atoms with E-state index in [1.54, 1.807) is 18.6 Å². The Morgan fingerprint density at radius 1 is 1.21 bits per heavy atom. The van der Waals surface area contributed by atoms with Crippen molar-refractivity contribution in [2.24, 2.45) is 0 Å². The zero-order chi connectivity index (χ0) is 30.9. The predicted molar refractivity (Wildman–Crippen MR) is 166 cm³/mol. The van der Waals surface area contributed by atoms with Gasteiger partial charge in [-0.2, -0.15) is 0 Å². The number of aryl methyl sites for hydroxylation is 1. The van der Waals surface area contributed by atoms with Gasteiger partial charge < -0.3 is 20.5 Å². The van der Waals surface area contributed by atoms with Crippen molar-refractivity contribution >= 4 is 44.1 Å². The average Bonchev–Trinajstić information content (AvgIpc) is 3.40. The number of halogens is 1. The minimum absolute atomic E-state index is 0.0535. The van der Waals surface area contributed by atoms with E-state index in [0.29, 0.717) is 29.5 Å². The molecule has 4 heterocycles. The molecule has 1 atom stereocenters. The molecule has 0 bridgehead atoms. The molecular formula is C30H37FN8O3S. The monoisotopic (exact) mass is 608 g/mol. The lowest BCUT2D eigenvalue weighted by Crippen LogP contribution is -2.50. The Kier molecular flexibility index (Phi) is 8.76. The number of benzene rings is 1. The van der Waals surface area contributed by atoms with Crippen LogP contribution < -0.4 is 10.6 Å². The lowest BCUT2D eigenvalue weighted by molar-refractivity contribution is -0.122. The van der Waals surface area contributed by atoms with Gasteiger partial charge in [0.2, 0.25) is 11.9 Å². The number of likely N-dealkylation sites (tertiary alicyclic amines) is 1. The van der Waals surface area contributed by atoms with E-state index in [-0.39, 0.29) is 23.6 Å². The minimum atomic E-state index is -3.76. The number of anilines is 3. The number of nitrogens with zero attached hydrogens (tertiary/aromatic N) is 5. The van der Waals surface area contributed by atoms with Gasteiger partial charge in [0.1, 0.15) is 4.90 Å². The average molecular weight is 609 g/mol. The maximum absolute atomic E-state index is 15.0. The van der Waals surface area contributed by atoms with Crippen LogP contribution in [0.25, 0.3) is 22.2 Å². The fraction of sp³-hybridized carbons (Fsp3) is 0.400. The molecule has 1 unspecified atom stereocenters. The van der Waals surface area contributed by atoms with Gasteiger partial charge in [0.25, 0.3) is 0 Å². The molecule has 1 fully saturated rings. The maximum atomic E-state index is 15.0. The van der Waals surface area contributed by atoms with Gasteiger partial charge in [0.05, 0.1) is 22.9 Å². The Bertz CT molecular complexity index is 1750. The number of amides is 1. The first-order valence-corrected chi connectivity index (χ1v) is 16.1. The Morgan fingerprint density at radius 2 is 1.95 bits per heavy atom. The summed E-state index contributed by atoms with van der Waals surface area (Å²) in [7, 11) is 0.441. The maximum Gasteiger partial charge on any atom is 0.242 e. The fourth-order valence-corrected chi connectivity index (χ4v) is 6.42. The number of aromatic nitrogens is 4. The SMILES string of the molecule is CCC(C(=O)Nc1nccc2c(-c3nc(Nc4cccc(S(C)(=O)=O)c4F)ncc3C)c[nH]c12)N1CCC(N(C)C)CC1. The number of carbonyl (C=O) groups excluding carboxylic acids is 1. The van der Waals surface area contributed by atoms with Gasteiger partial charge in [-0.05, 0) is 64.0 Å². The van der Waals surface area contributed by atoms with Crippen molar-refractivity contribution in [1.29, 1.82) is 0 Å². The lowest BCUT2D eigenvalue weighted by Gasteiger charge is -2.38. The van der Waals surface area contributed by atoms with E-state index < -0.39 is 20.5 Å². The molecule has 4 aromatic rings. The van der Waals surface area contributed by atoms with Crippen LogP contribution in [0.4, 0.5) is 21.8 Å². The van der Waals surface area contributed by atoms with Crippen molar-refractivity contribution in [2.75, 3.05) is 44.1 Å². The van der Waals surface area contributed by atoms with Gasteiger partial charge in [-0.1, -0.05) is 13.0 Å². The Morgan fingerprint density at radius 3 is 2.63 bits per heavy atom. The van der Waals surface area contributed by atoms with Gasteiger partial charge in [-0.25, -0.2) is 27.8 Å².